The zero-order valence-electron chi connectivity index (χ0n) is 13.0. The van der Waals surface area contributed by atoms with Crippen molar-refractivity contribution < 1.29 is 19.1 Å². The maximum atomic E-state index is 12.9. The van der Waals surface area contributed by atoms with Gasteiger partial charge >= 0.3 is 5.97 Å². The van der Waals surface area contributed by atoms with Gasteiger partial charge in [-0.05, 0) is 54.2 Å². The highest BCUT2D eigenvalue weighted by Crippen LogP contribution is 2.47. The number of carboxylic acids is 1. The van der Waals surface area contributed by atoms with E-state index in [1.807, 2.05) is 6.07 Å². The van der Waals surface area contributed by atoms with Gasteiger partial charge in [0.15, 0.2) is 0 Å². The first-order chi connectivity index (χ1) is 11.5. The largest absolute Gasteiger partial charge is 0.478 e. The van der Waals surface area contributed by atoms with E-state index in [1.165, 1.54) is 12.1 Å². The fourth-order valence-corrected chi connectivity index (χ4v) is 2.88. The topological polar surface area (TPSA) is 66.4 Å². The van der Waals surface area contributed by atoms with Crippen LogP contribution in [0.1, 0.15) is 33.8 Å². The third-order valence-corrected chi connectivity index (χ3v) is 4.31. The Bertz CT molecular complexity index is 757. The monoisotopic (exact) mass is 327 g/mol. The van der Waals surface area contributed by atoms with E-state index in [1.54, 1.807) is 30.3 Å². The average Bonchev–Trinajstić information content (AvgIpc) is 3.36. The van der Waals surface area contributed by atoms with Crippen molar-refractivity contribution in [2.75, 3.05) is 6.54 Å². The van der Waals surface area contributed by atoms with E-state index in [0.29, 0.717) is 13.0 Å². The molecular weight excluding hydrogens is 309 g/mol. The number of halogens is 1. The SMILES string of the molecule is O=C(O)c1cccc(CCNC(=O)C2CC2c2ccc(F)cc2)c1. The Morgan fingerprint density at radius 1 is 1.17 bits per heavy atom. The van der Waals surface area contributed by atoms with Gasteiger partial charge < -0.3 is 10.4 Å². The summed E-state index contributed by atoms with van der Waals surface area (Å²) in [5.74, 6) is -1.12. The van der Waals surface area contributed by atoms with Crippen LogP contribution in [0.4, 0.5) is 4.39 Å². The van der Waals surface area contributed by atoms with Crippen molar-refractivity contribution in [3.05, 3.63) is 71.0 Å². The highest BCUT2D eigenvalue weighted by molar-refractivity contribution is 5.87. The molecule has 1 fully saturated rings. The summed E-state index contributed by atoms with van der Waals surface area (Å²) in [6, 6.07) is 13.0. The minimum Gasteiger partial charge on any atom is -0.478 e. The third-order valence-electron chi connectivity index (χ3n) is 4.31. The number of benzene rings is 2. The lowest BCUT2D eigenvalue weighted by molar-refractivity contribution is -0.122. The highest BCUT2D eigenvalue weighted by atomic mass is 19.1. The Hall–Kier alpha value is -2.69. The number of hydrogen-bond acceptors (Lipinski definition) is 2. The summed E-state index contributed by atoms with van der Waals surface area (Å²) in [5, 5.41) is 11.9. The summed E-state index contributed by atoms with van der Waals surface area (Å²) in [6.07, 6.45) is 1.37. The van der Waals surface area contributed by atoms with Crippen LogP contribution < -0.4 is 5.32 Å². The molecule has 2 unspecified atom stereocenters. The zero-order chi connectivity index (χ0) is 17.1. The van der Waals surface area contributed by atoms with Crippen LogP contribution in [0.25, 0.3) is 0 Å². The summed E-state index contributed by atoms with van der Waals surface area (Å²) in [5.41, 5.74) is 2.11. The molecule has 1 saturated carbocycles. The molecule has 0 bridgehead atoms. The second-order valence-corrected chi connectivity index (χ2v) is 6.05. The Morgan fingerprint density at radius 2 is 1.92 bits per heavy atom. The molecule has 0 saturated heterocycles. The lowest BCUT2D eigenvalue weighted by Crippen LogP contribution is -2.27. The van der Waals surface area contributed by atoms with Gasteiger partial charge in [0.1, 0.15) is 5.82 Å². The van der Waals surface area contributed by atoms with Gasteiger partial charge in [0.05, 0.1) is 5.56 Å². The third kappa shape index (κ3) is 3.79. The summed E-state index contributed by atoms with van der Waals surface area (Å²) in [6.45, 7) is 0.467. The Kier molecular flexibility index (Phi) is 4.60. The van der Waals surface area contributed by atoms with Crippen molar-refractivity contribution in [1.29, 1.82) is 0 Å². The van der Waals surface area contributed by atoms with Crippen LogP contribution in [0.3, 0.4) is 0 Å². The molecule has 24 heavy (non-hydrogen) atoms. The number of carboxylic acid groups (broad SMARTS) is 1. The van der Waals surface area contributed by atoms with Gasteiger partial charge in [-0.3, -0.25) is 4.79 Å². The molecule has 2 aromatic carbocycles. The minimum atomic E-state index is -0.957. The molecule has 2 N–H and O–H groups in total. The van der Waals surface area contributed by atoms with Gasteiger partial charge in [-0.2, -0.15) is 0 Å². The normalized spacial score (nSPS) is 18.9. The number of carbonyl (C=O) groups is 2. The fraction of sp³-hybridized carbons (Fsp3) is 0.263. The molecular formula is C19H18FNO3. The fourth-order valence-electron chi connectivity index (χ4n) is 2.88. The number of carbonyl (C=O) groups excluding carboxylic acids is 1. The Morgan fingerprint density at radius 3 is 2.62 bits per heavy atom. The van der Waals surface area contributed by atoms with Gasteiger partial charge in [0.2, 0.25) is 5.91 Å². The van der Waals surface area contributed by atoms with E-state index in [2.05, 4.69) is 5.32 Å². The maximum absolute atomic E-state index is 12.9. The molecule has 0 aliphatic heterocycles. The average molecular weight is 327 g/mol. The molecule has 0 heterocycles. The second-order valence-electron chi connectivity index (χ2n) is 6.05. The molecule has 1 aliphatic rings. The van der Waals surface area contributed by atoms with Crippen molar-refractivity contribution in [2.45, 2.75) is 18.8 Å². The van der Waals surface area contributed by atoms with Crippen LogP contribution >= 0.6 is 0 Å². The molecule has 2 aromatic rings. The predicted molar refractivity (Wildman–Crippen MR) is 87.4 cm³/mol. The Labute approximate surface area is 139 Å². The highest BCUT2D eigenvalue weighted by Gasteiger charge is 2.43. The van der Waals surface area contributed by atoms with Gasteiger partial charge in [-0.25, -0.2) is 9.18 Å². The molecule has 4 nitrogen and oxygen atoms in total. The summed E-state index contributed by atoms with van der Waals surface area (Å²) >= 11 is 0. The quantitative estimate of drug-likeness (QED) is 0.857. The summed E-state index contributed by atoms with van der Waals surface area (Å²) in [7, 11) is 0. The van der Waals surface area contributed by atoms with Gasteiger partial charge in [0, 0.05) is 12.5 Å². The van der Waals surface area contributed by atoms with Gasteiger partial charge in [-0.15, -0.1) is 0 Å². The number of aromatic carboxylic acids is 1. The second kappa shape index (κ2) is 6.83. The Balaban J connectivity index is 1.48. The molecule has 3 rings (SSSR count). The predicted octanol–water partition coefficient (Wildman–Crippen LogP) is 2.99. The smallest absolute Gasteiger partial charge is 0.335 e. The first kappa shape index (κ1) is 16.2. The van der Waals surface area contributed by atoms with Crippen molar-refractivity contribution >= 4 is 11.9 Å². The van der Waals surface area contributed by atoms with E-state index in [-0.39, 0.29) is 29.1 Å². The molecule has 2 atom stereocenters. The number of rotatable bonds is 6. The van der Waals surface area contributed by atoms with Gasteiger partial charge in [0.25, 0.3) is 0 Å². The van der Waals surface area contributed by atoms with Gasteiger partial charge in [-0.1, -0.05) is 24.3 Å². The van der Waals surface area contributed by atoms with Crippen LogP contribution in [-0.4, -0.2) is 23.5 Å². The minimum absolute atomic E-state index is 0.00119. The van der Waals surface area contributed by atoms with E-state index < -0.39 is 5.97 Å². The molecule has 5 heteroatoms. The lowest BCUT2D eigenvalue weighted by Gasteiger charge is -2.06. The number of hydrogen-bond donors (Lipinski definition) is 2. The molecule has 0 aromatic heterocycles. The summed E-state index contributed by atoms with van der Waals surface area (Å²) in [4.78, 5) is 23.1. The molecule has 1 amide bonds. The molecule has 0 radical (unpaired) electrons. The maximum Gasteiger partial charge on any atom is 0.335 e. The molecule has 124 valence electrons. The van der Waals surface area contributed by atoms with E-state index in [4.69, 9.17) is 5.11 Å². The van der Waals surface area contributed by atoms with Crippen molar-refractivity contribution in [3.8, 4) is 0 Å². The van der Waals surface area contributed by atoms with Crippen LogP contribution in [-0.2, 0) is 11.2 Å². The van der Waals surface area contributed by atoms with E-state index in [9.17, 15) is 14.0 Å². The molecule has 1 aliphatic carbocycles. The first-order valence-corrected chi connectivity index (χ1v) is 7.90. The van der Waals surface area contributed by atoms with Crippen molar-refractivity contribution in [3.63, 3.8) is 0 Å². The molecule has 0 spiro atoms. The van der Waals surface area contributed by atoms with Crippen molar-refractivity contribution in [1.82, 2.24) is 5.32 Å². The van der Waals surface area contributed by atoms with Crippen LogP contribution in [0.15, 0.2) is 48.5 Å². The van der Waals surface area contributed by atoms with Crippen LogP contribution in [0.2, 0.25) is 0 Å². The van der Waals surface area contributed by atoms with Crippen molar-refractivity contribution in [2.24, 2.45) is 5.92 Å². The lowest BCUT2D eigenvalue weighted by atomic mass is 10.1. The standard InChI is InChI=1S/C19H18FNO3/c20-15-6-4-13(5-7-15)16-11-17(16)18(22)21-9-8-12-2-1-3-14(10-12)19(23)24/h1-7,10,16-17H,8-9,11H2,(H,21,22)(H,23,24). The van der Waals surface area contributed by atoms with Crippen LogP contribution in [0, 0.1) is 11.7 Å². The zero-order valence-corrected chi connectivity index (χ0v) is 13.0. The van der Waals surface area contributed by atoms with E-state index >= 15 is 0 Å². The first-order valence-electron chi connectivity index (χ1n) is 7.90. The van der Waals surface area contributed by atoms with E-state index in [0.717, 1.165) is 17.5 Å². The number of amides is 1. The summed E-state index contributed by atoms with van der Waals surface area (Å²) < 4.78 is 12.9. The van der Waals surface area contributed by atoms with Crippen LogP contribution in [0.5, 0.6) is 0 Å². The number of nitrogens with one attached hydrogen (secondary N) is 1.